The highest BCUT2D eigenvalue weighted by atomic mass is 32.2. The highest BCUT2D eigenvalue weighted by molar-refractivity contribution is 8.00. The number of carboxylic acid groups (broad SMARTS) is 1. The molecule has 0 radical (unpaired) electrons. The van der Waals surface area contributed by atoms with Crippen molar-refractivity contribution < 1.29 is 19.8 Å². The number of aromatic nitrogens is 1. The van der Waals surface area contributed by atoms with E-state index in [4.69, 9.17) is 5.11 Å². The Hall–Kier alpha value is -1.84. The molecule has 0 aliphatic heterocycles. The van der Waals surface area contributed by atoms with Gasteiger partial charge < -0.3 is 20.8 Å². The molecule has 1 heterocycles. The first-order valence-corrected chi connectivity index (χ1v) is 8.31. The molecule has 0 fully saturated rings. The summed E-state index contributed by atoms with van der Waals surface area (Å²) in [6, 6.07) is 4.72. The molecule has 2 aromatic rings. The molecule has 1 unspecified atom stereocenters. The zero-order valence-electron chi connectivity index (χ0n) is 11.9. The van der Waals surface area contributed by atoms with Crippen molar-refractivity contribution in [3.8, 4) is 0 Å². The van der Waals surface area contributed by atoms with Gasteiger partial charge in [-0.3, -0.25) is 0 Å². The smallest absolute Gasteiger partial charge is 0.337 e. The molecule has 0 spiro atoms. The van der Waals surface area contributed by atoms with E-state index in [1.165, 1.54) is 11.3 Å². The van der Waals surface area contributed by atoms with E-state index >= 15 is 0 Å². The van der Waals surface area contributed by atoms with Crippen LogP contribution < -0.4 is 10.6 Å². The van der Waals surface area contributed by atoms with Crippen molar-refractivity contribution in [2.45, 2.75) is 16.9 Å². The van der Waals surface area contributed by atoms with Crippen molar-refractivity contribution in [2.24, 2.45) is 0 Å². The number of carbonyl (C=O) groups is 2. The van der Waals surface area contributed by atoms with Gasteiger partial charge in [-0.2, -0.15) is 0 Å². The number of urea groups is 1. The number of fused-ring (bicyclic) bond motifs is 1. The average molecular weight is 341 g/mol. The molecule has 2 amide bonds. The Morgan fingerprint density at radius 2 is 2.18 bits per heavy atom. The minimum absolute atomic E-state index is 0.395. The van der Waals surface area contributed by atoms with Gasteiger partial charge in [0.15, 0.2) is 9.94 Å². The molecule has 2 rings (SSSR count). The molecule has 1 aromatic heterocycles. The van der Waals surface area contributed by atoms with Crippen LogP contribution in [0.5, 0.6) is 0 Å². The van der Waals surface area contributed by atoms with Gasteiger partial charge in [-0.25, -0.2) is 14.6 Å². The van der Waals surface area contributed by atoms with Crippen LogP contribution in [0.2, 0.25) is 0 Å². The zero-order valence-corrected chi connectivity index (χ0v) is 13.5. The minimum atomic E-state index is -2.01. The van der Waals surface area contributed by atoms with Crippen LogP contribution in [0.1, 0.15) is 6.92 Å². The number of hydrogen-bond donors (Lipinski definition) is 4. The summed E-state index contributed by atoms with van der Waals surface area (Å²) in [5.41, 5.74) is -0.586. The van der Waals surface area contributed by atoms with Gasteiger partial charge in [-0.15, -0.1) is 11.3 Å². The summed E-state index contributed by atoms with van der Waals surface area (Å²) in [7, 11) is 0. The Kier molecular flexibility index (Phi) is 4.89. The van der Waals surface area contributed by atoms with Crippen molar-refractivity contribution in [2.75, 3.05) is 18.1 Å². The number of carboxylic acids is 1. The van der Waals surface area contributed by atoms with E-state index in [2.05, 4.69) is 15.6 Å². The van der Waals surface area contributed by atoms with Gasteiger partial charge in [-0.1, -0.05) is 11.8 Å². The Bertz CT molecular complexity index is 714. The van der Waals surface area contributed by atoms with E-state index in [-0.39, 0.29) is 0 Å². The molecule has 22 heavy (non-hydrogen) atoms. The number of hydrogen-bond acceptors (Lipinski definition) is 6. The van der Waals surface area contributed by atoms with Gasteiger partial charge in [-0.05, 0) is 31.4 Å². The predicted octanol–water partition coefficient (Wildman–Crippen LogP) is 1.98. The number of nitrogens with one attached hydrogen (secondary N) is 2. The van der Waals surface area contributed by atoms with E-state index in [9.17, 15) is 14.7 Å². The number of aliphatic carboxylic acids is 1. The second-order valence-corrected chi connectivity index (χ2v) is 6.84. The summed E-state index contributed by atoms with van der Waals surface area (Å²) in [5, 5.41) is 23.2. The number of carbonyl (C=O) groups excluding carboxylic acids is 1. The summed E-state index contributed by atoms with van der Waals surface area (Å²) in [6.45, 7) is 0.719. The Labute approximate surface area is 134 Å². The number of benzene rings is 1. The molecule has 0 aliphatic carbocycles. The predicted molar refractivity (Wildman–Crippen MR) is 86.7 cm³/mol. The van der Waals surface area contributed by atoms with Crippen LogP contribution in [0.4, 0.5) is 10.5 Å². The normalized spacial score (nSPS) is 13.6. The van der Waals surface area contributed by atoms with Crippen LogP contribution in [0.3, 0.4) is 0 Å². The molecule has 7 nitrogen and oxygen atoms in total. The first-order valence-electron chi connectivity index (χ1n) is 6.27. The van der Waals surface area contributed by atoms with Crippen LogP contribution in [0, 0.1) is 0 Å². The first-order chi connectivity index (χ1) is 10.3. The lowest BCUT2D eigenvalue weighted by molar-refractivity contribution is -0.155. The molecule has 1 atom stereocenters. The molecule has 0 saturated carbocycles. The number of amides is 2. The van der Waals surface area contributed by atoms with E-state index in [1.807, 2.05) is 6.26 Å². The summed E-state index contributed by atoms with van der Waals surface area (Å²) in [5.74, 6) is -1.40. The summed E-state index contributed by atoms with van der Waals surface area (Å²) in [4.78, 5) is 26.9. The number of aliphatic hydroxyl groups is 1. The third-order valence-electron chi connectivity index (χ3n) is 2.86. The van der Waals surface area contributed by atoms with E-state index < -0.39 is 24.1 Å². The van der Waals surface area contributed by atoms with Gasteiger partial charge in [0.2, 0.25) is 0 Å². The van der Waals surface area contributed by atoms with Crippen LogP contribution in [-0.2, 0) is 4.79 Å². The maximum Gasteiger partial charge on any atom is 0.337 e. The highest BCUT2D eigenvalue weighted by Crippen LogP contribution is 2.29. The van der Waals surface area contributed by atoms with Crippen molar-refractivity contribution in [1.29, 1.82) is 0 Å². The topological polar surface area (TPSA) is 112 Å². The summed E-state index contributed by atoms with van der Waals surface area (Å²) in [6.07, 6.45) is 1.94. The first kappa shape index (κ1) is 16.5. The highest BCUT2D eigenvalue weighted by Gasteiger charge is 2.30. The standard InChI is InChI=1S/C13H15N3O4S2/c1-13(20,10(17)18)6-14-11(19)15-7-3-4-8-9(5-7)22-12(16-8)21-2/h3-5,20H,6H2,1-2H3,(H,17,18)(H2,14,15,19). The Morgan fingerprint density at radius 1 is 1.45 bits per heavy atom. The van der Waals surface area contributed by atoms with Gasteiger partial charge in [0.1, 0.15) is 0 Å². The molecule has 1 aromatic carbocycles. The average Bonchev–Trinajstić information content (AvgIpc) is 2.87. The summed E-state index contributed by atoms with van der Waals surface area (Å²) < 4.78 is 1.88. The van der Waals surface area contributed by atoms with E-state index in [0.717, 1.165) is 21.5 Å². The molecule has 0 saturated heterocycles. The fourth-order valence-corrected chi connectivity index (χ4v) is 3.10. The Morgan fingerprint density at radius 3 is 2.82 bits per heavy atom. The van der Waals surface area contributed by atoms with Crippen LogP contribution in [-0.4, -0.2) is 45.6 Å². The number of nitrogens with zero attached hydrogens (tertiary/aromatic N) is 1. The van der Waals surface area contributed by atoms with Gasteiger partial charge >= 0.3 is 12.0 Å². The lowest BCUT2D eigenvalue weighted by Gasteiger charge is -2.18. The molecule has 4 N–H and O–H groups in total. The van der Waals surface area contributed by atoms with E-state index in [1.54, 1.807) is 30.0 Å². The van der Waals surface area contributed by atoms with Crippen molar-refractivity contribution in [3.63, 3.8) is 0 Å². The van der Waals surface area contributed by atoms with Crippen LogP contribution in [0.25, 0.3) is 10.2 Å². The maximum atomic E-state index is 11.7. The van der Waals surface area contributed by atoms with Gasteiger partial charge in [0.05, 0.1) is 16.8 Å². The molecule has 0 bridgehead atoms. The second kappa shape index (κ2) is 6.51. The lowest BCUT2D eigenvalue weighted by Crippen LogP contribution is -2.47. The number of rotatable bonds is 5. The van der Waals surface area contributed by atoms with Crippen LogP contribution >= 0.6 is 23.1 Å². The molecule has 0 aliphatic rings. The Balaban J connectivity index is 2.01. The zero-order chi connectivity index (χ0) is 16.3. The van der Waals surface area contributed by atoms with Crippen LogP contribution in [0.15, 0.2) is 22.5 Å². The van der Waals surface area contributed by atoms with Gasteiger partial charge in [0, 0.05) is 5.69 Å². The third-order valence-corrected chi connectivity index (χ3v) is 4.86. The fourth-order valence-electron chi connectivity index (χ4n) is 1.57. The van der Waals surface area contributed by atoms with E-state index in [0.29, 0.717) is 5.69 Å². The quantitative estimate of drug-likeness (QED) is 0.619. The second-order valence-electron chi connectivity index (χ2n) is 4.75. The molecular weight excluding hydrogens is 326 g/mol. The van der Waals surface area contributed by atoms with Crippen molar-refractivity contribution in [3.05, 3.63) is 18.2 Å². The lowest BCUT2D eigenvalue weighted by atomic mass is 10.1. The molecule has 118 valence electrons. The number of thiazole rings is 1. The van der Waals surface area contributed by atoms with Crippen molar-refractivity contribution in [1.82, 2.24) is 10.3 Å². The monoisotopic (exact) mass is 341 g/mol. The molecular formula is C13H15N3O4S2. The minimum Gasteiger partial charge on any atom is -0.479 e. The number of thioether (sulfide) groups is 1. The maximum absolute atomic E-state index is 11.7. The third kappa shape index (κ3) is 3.87. The molecule has 9 heteroatoms. The fraction of sp³-hybridized carbons (Fsp3) is 0.308. The summed E-state index contributed by atoms with van der Waals surface area (Å²) >= 11 is 3.07. The number of anilines is 1. The SMILES string of the molecule is CSc1nc2ccc(NC(=O)NCC(C)(O)C(=O)O)cc2s1. The largest absolute Gasteiger partial charge is 0.479 e. The van der Waals surface area contributed by atoms with Crippen molar-refractivity contribution >= 4 is 51.0 Å². The van der Waals surface area contributed by atoms with Gasteiger partial charge in [0.25, 0.3) is 0 Å².